The number of hydrogen-bond donors (Lipinski definition) is 2. The van der Waals surface area contributed by atoms with Crippen molar-refractivity contribution in [2.45, 2.75) is 31.9 Å². The Kier molecular flexibility index (Phi) is 7.13. The zero-order chi connectivity index (χ0) is 13.7. The summed E-state index contributed by atoms with van der Waals surface area (Å²) < 4.78 is 5.56. The maximum Gasteiger partial charge on any atom is 0.260 e. The third kappa shape index (κ3) is 5.19. The second-order valence-corrected chi connectivity index (χ2v) is 5.19. The molecule has 2 unspecified atom stereocenters. The van der Waals surface area contributed by atoms with Gasteiger partial charge in [0.1, 0.15) is 5.75 Å². The SMILES string of the molecule is CC(Oc1cccc(Cl)c1)C(=O)NCC1CCCN1.Cl. The summed E-state index contributed by atoms with van der Waals surface area (Å²) in [4.78, 5) is 11.9. The second-order valence-electron chi connectivity index (χ2n) is 4.76. The lowest BCUT2D eigenvalue weighted by molar-refractivity contribution is -0.127. The molecule has 0 radical (unpaired) electrons. The number of benzene rings is 1. The number of hydrogen-bond acceptors (Lipinski definition) is 3. The first-order chi connectivity index (χ1) is 9.15. The van der Waals surface area contributed by atoms with E-state index in [0.29, 0.717) is 23.4 Å². The first-order valence-electron chi connectivity index (χ1n) is 6.58. The van der Waals surface area contributed by atoms with Crippen molar-refractivity contribution in [2.24, 2.45) is 0 Å². The van der Waals surface area contributed by atoms with Gasteiger partial charge in [-0.25, -0.2) is 0 Å². The van der Waals surface area contributed by atoms with Gasteiger partial charge in [-0.05, 0) is 44.5 Å². The van der Waals surface area contributed by atoms with Crippen LogP contribution in [-0.2, 0) is 4.79 Å². The molecule has 1 aromatic rings. The summed E-state index contributed by atoms with van der Waals surface area (Å²) in [6.45, 7) is 3.43. The summed E-state index contributed by atoms with van der Waals surface area (Å²) in [5, 5.41) is 6.83. The van der Waals surface area contributed by atoms with Gasteiger partial charge < -0.3 is 15.4 Å². The van der Waals surface area contributed by atoms with E-state index < -0.39 is 6.10 Å². The largest absolute Gasteiger partial charge is 0.481 e. The quantitative estimate of drug-likeness (QED) is 0.876. The highest BCUT2D eigenvalue weighted by Gasteiger charge is 2.18. The van der Waals surface area contributed by atoms with E-state index in [0.717, 1.165) is 13.0 Å². The molecular formula is C14H20Cl2N2O2. The van der Waals surface area contributed by atoms with E-state index in [2.05, 4.69) is 10.6 Å². The van der Waals surface area contributed by atoms with Crippen LogP contribution in [0.4, 0.5) is 0 Å². The molecule has 4 nitrogen and oxygen atoms in total. The number of ether oxygens (including phenoxy) is 1. The van der Waals surface area contributed by atoms with Gasteiger partial charge in [0.15, 0.2) is 6.10 Å². The van der Waals surface area contributed by atoms with E-state index in [9.17, 15) is 4.79 Å². The molecule has 0 spiro atoms. The van der Waals surface area contributed by atoms with E-state index in [1.807, 2.05) is 0 Å². The molecule has 0 aromatic heterocycles. The minimum absolute atomic E-state index is 0. The van der Waals surface area contributed by atoms with Crippen molar-refractivity contribution in [1.82, 2.24) is 10.6 Å². The van der Waals surface area contributed by atoms with Crippen molar-refractivity contribution in [2.75, 3.05) is 13.1 Å². The Morgan fingerprint density at radius 2 is 2.40 bits per heavy atom. The highest BCUT2D eigenvalue weighted by atomic mass is 35.5. The van der Waals surface area contributed by atoms with Crippen LogP contribution in [0.15, 0.2) is 24.3 Å². The summed E-state index contributed by atoms with van der Waals surface area (Å²) >= 11 is 5.87. The molecule has 20 heavy (non-hydrogen) atoms. The summed E-state index contributed by atoms with van der Waals surface area (Å²) in [7, 11) is 0. The summed E-state index contributed by atoms with van der Waals surface area (Å²) in [5.41, 5.74) is 0. The molecule has 1 fully saturated rings. The van der Waals surface area contributed by atoms with Crippen molar-refractivity contribution >= 4 is 29.9 Å². The Balaban J connectivity index is 0.00000200. The molecule has 0 aliphatic carbocycles. The van der Waals surface area contributed by atoms with Gasteiger partial charge >= 0.3 is 0 Å². The van der Waals surface area contributed by atoms with E-state index in [-0.39, 0.29) is 18.3 Å². The average Bonchev–Trinajstić information content (AvgIpc) is 2.89. The van der Waals surface area contributed by atoms with Gasteiger partial charge in [-0.15, -0.1) is 12.4 Å². The number of amides is 1. The standard InChI is InChI=1S/C14H19ClN2O2.ClH/c1-10(19-13-6-2-4-11(15)8-13)14(18)17-9-12-5-3-7-16-12;/h2,4,6,8,10,12,16H,3,5,7,9H2,1H3,(H,17,18);1H. The average molecular weight is 319 g/mol. The molecule has 1 aliphatic rings. The van der Waals surface area contributed by atoms with Crippen molar-refractivity contribution < 1.29 is 9.53 Å². The van der Waals surface area contributed by atoms with Crippen LogP contribution in [0.2, 0.25) is 5.02 Å². The minimum atomic E-state index is -0.528. The van der Waals surface area contributed by atoms with Crippen LogP contribution in [0, 0.1) is 0 Å². The molecule has 1 heterocycles. The molecule has 6 heteroatoms. The van der Waals surface area contributed by atoms with Crippen LogP contribution in [0.1, 0.15) is 19.8 Å². The number of nitrogens with one attached hydrogen (secondary N) is 2. The number of halogens is 2. The smallest absolute Gasteiger partial charge is 0.260 e. The van der Waals surface area contributed by atoms with Gasteiger partial charge in [0.2, 0.25) is 0 Å². The maximum atomic E-state index is 11.9. The molecule has 0 bridgehead atoms. The first-order valence-corrected chi connectivity index (χ1v) is 6.96. The van der Waals surface area contributed by atoms with Crippen molar-refractivity contribution in [1.29, 1.82) is 0 Å². The molecule has 2 rings (SSSR count). The third-order valence-electron chi connectivity index (χ3n) is 3.16. The fourth-order valence-electron chi connectivity index (χ4n) is 2.10. The Hall–Kier alpha value is -0.970. The van der Waals surface area contributed by atoms with Crippen LogP contribution in [-0.4, -0.2) is 31.1 Å². The van der Waals surface area contributed by atoms with Gasteiger partial charge in [-0.1, -0.05) is 17.7 Å². The predicted molar refractivity (Wildman–Crippen MR) is 82.8 cm³/mol. The lowest BCUT2D eigenvalue weighted by atomic mass is 10.2. The van der Waals surface area contributed by atoms with Crippen molar-refractivity contribution in [3.8, 4) is 5.75 Å². The van der Waals surface area contributed by atoms with E-state index in [1.165, 1.54) is 6.42 Å². The third-order valence-corrected chi connectivity index (χ3v) is 3.40. The van der Waals surface area contributed by atoms with Gasteiger partial charge in [-0.3, -0.25) is 4.79 Å². The molecule has 1 aliphatic heterocycles. The van der Waals surface area contributed by atoms with Crippen LogP contribution < -0.4 is 15.4 Å². The zero-order valence-electron chi connectivity index (χ0n) is 11.4. The Labute approximate surface area is 130 Å². The van der Waals surface area contributed by atoms with Gasteiger partial charge in [-0.2, -0.15) is 0 Å². The first kappa shape index (κ1) is 17.1. The maximum absolute atomic E-state index is 11.9. The zero-order valence-corrected chi connectivity index (χ0v) is 13.0. The molecule has 2 N–H and O–H groups in total. The van der Waals surface area contributed by atoms with Gasteiger partial charge in [0.05, 0.1) is 0 Å². The minimum Gasteiger partial charge on any atom is -0.481 e. The van der Waals surface area contributed by atoms with E-state index in [4.69, 9.17) is 16.3 Å². The molecule has 112 valence electrons. The highest BCUT2D eigenvalue weighted by Crippen LogP contribution is 2.18. The Bertz CT molecular complexity index is 437. The summed E-state index contributed by atoms with van der Waals surface area (Å²) in [6, 6.07) is 7.44. The van der Waals surface area contributed by atoms with Crippen molar-refractivity contribution in [3.63, 3.8) is 0 Å². The van der Waals surface area contributed by atoms with Gasteiger partial charge in [0, 0.05) is 17.6 Å². The molecular weight excluding hydrogens is 299 g/mol. The van der Waals surface area contributed by atoms with Crippen LogP contribution in [0.5, 0.6) is 5.75 Å². The fraction of sp³-hybridized carbons (Fsp3) is 0.500. The fourth-order valence-corrected chi connectivity index (χ4v) is 2.28. The lowest BCUT2D eigenvalue weighted by Gasteiger charge is -2.17. The molecule has 1 amide bonds. The predicted octanol–water partition coefficient (Wildman–Crippen LogP) is 2.40. The number of rotatable bonds is 5. The van der Waals surface area contributed by atoms with Crippen LogP contribution in [0.3, 0.4) is 0 Å². The normalized spacial score (nSPS) is 19.0. The summed E-state index contributed by atoms with van der Waals surface area (Å²) in [5.74, 6) is 0.503. The number of carbonyl (C=O) groups excluding carboxylic acids is 1. The molecule has 2 atom stereocenters. The molecule has 1 aromatic carbocycles. The molecule has 1 saturated heterocycles. The van der Waals surface area contributed by atoms with E-state index >= 15 is 0 Å². The van der Waals surface area contributed by atoms with Crippen LogP contribution >= 0.6 is 24.0 Å². The Morgan fingerprint density at radius 3 is 3.05 bits per heavy atom. The number of carbonyl (C=O) groups is 1. The lowest BCUT2D eigenvalue weighted by Crippen LogP contribution is -2.42. The highest BCUT2D eigenvalue weighted by molar-refractivity contribution is 6.30. The Morgan fingerprint density at radius 1 is 1.60 bits per heavy atom. The monoisotopic (exact) mass is 318 g/mol. The van der Waals surface area contributed by atoms with E-state index in [1.54, 1.807) is 31.2 Å². The topological polar surface area (TPSA) is 50.4 Å². The molecule has 0 saturated carbocycles. The summed E-state index contributed by atoms with van der Waals surface area (Å²) in [6.07, 6.45) is 1.76. The van der Waals surface area contributed by atoms with Crippen LogP contribution in [0.25, 0.3) is 0 Å². The van der Waals surface area contributed by atoms with Crippen molar-refractivity contribution in [3.05, 3.63) is 29.3 Å². The second kappa shape index (κ2) is 8.35. The van der Waals surface area contributed by atoms with Gasteiger partial charge in [0.25, 0.3) is 5.91 Å².